The van der Waals surface area contributed by atoms with Crippen LogP contribution in [0.25, 0.3) is 0 Å². The van der Waals surface area contributed by atoms with Crippen LogP contribution in [-0.4, -0.2) is 18.2 Å². The summed E-state index contributed by atoms with van der Waals surface area (Å²) in [5, 5.41) is 3.04. The summed E-state index contributed by atoms with van der Waals surface area (Å²) in [4.78, 5) is 12.5. The van der Waals surface area contributed by atoms with Crippen molar-refractivity contribution < 1.29 is 9.21 Å². The molecular formula is C22H23NO2S. The number of thioether (sulfide) groups is 1. The lowest BCUT2D eigenvalue weighted by atomic mass is 9.88. The van der Waals surface area contributed by atoms with Crippen molar-refractivity contribution in [2.24, 2.45) is 0 Å². The average Bonchev–Trinajstić information content (AvgIpc) is 3.21. The molecule has 26 heavy (non-hydrogen) atoms. The Bertz CT molecular complexity index is 733. The molecule has 0 aliphatic heterocycles. The van der Waals surface area contributed by atoms with E-state index in [0.29, 0.717) is 13.0 Å². The first-order chi connectivity index (χ1) is 12.8. The number of rotatable bonds is 9. The molecule has 134 valence electrons. The second-order valence-electron chi connectivity index (χ2n) is 6.06. The molecule has 0 aliphatic rings. The average molecular weight is 365 g/mol. The lowest BCUT2D eigenvalue weighted by Crippen LogP contribution is -2.27. The quantitative estimate of drug-likeness (QED) is 0.551. The fraction of sp³-hybridized carbons (Fsp3) is 0.227. The molecule has 0 aliphatic carbocycles. The molecule has 1 aromatic heterocycles. The number of hydrogen-bond acceptors (Lipinski definition) is 3. The number of hydrogen-bond donors (Lipinski definition) is 1. The molecule has 2 aromatic carbocycles. The number of furan rings is 1. The van der Waals surface area contributed by atoms with Gasteiger partial charge in [0.25, 0.3) is 0 Å². The van der Waals surface area contributed by atoms with Gasteiger partial charge >= 0.3 is 0 Å². The third-order valence-electron chi connectivity index (χ3n) is 4.19. The highest BCUT2D eigenvalue weighted by Crippen LogP contribution is 2.27. The predicted octanol–water partition coefficient (Wildman–Crippen LogP) is 4.85. The minimum Gasteiger partial charge on any atom is -0.468 e. The summed E-state index contributed by atoms with van der Waals surface area (Å²) < 4.78 is 5.30. The van der Waals surface area contributed by atoms with Crippen LogP contribution in [0, 0.1) is 0 Å². The van der Waals surface area contributed by atoms with Crippen LogP contribution in [-0.2, 0) is 10.5 Å². The number of carbonyl (C=O) groups is 1. The van der Waals surface area contributed by atoms with Gasteiger partial charge in [-0.05, 0) is 23.3 Å². The van der Waals surface area contributed by atoms with Gasteiger partial charge in [0, 0.05) is 24.6 Å². The maximum atomic E-state index is 12.5. The van der Waals surface area contributed by atoms with Crippen LogP contribution in [0.2, 0.25) is 0 Å². The van der Waals surface area contributed by atoms with E-state index in [1.807, 2.05) is 48.5 Å². The molecule has 0 radical (unpaired) electrons. The van der Waals surface area contributed by atoms with E-state index < -0.39 is 0 Å². The maximum absolute atomic E-state index is 12.5. The lowest BCUT2D eigenvalue weighted by Gasteiger charge is -2.18. The molecule has 1 amide bonds. The van der Waals surface area contributed by atoms with E-state index in [-0.39, 0.29) is 11.8 Å². The molecule has 0 fully saturated rings. The smallest absolute Gasteiger partial charge is 0.220 e. The Morgan fingerprint density at radius 3 is 2.15 bits per heavy atom. The summed E-state index contributed by atoms with van der Waals surface area (Å²) in [5.41, 5.74) is 2.34. The molecule has 0 unspecified atom stereocenters. The number of nitrogens with one attached hydrogen (secondary N) is 1. The van der Waals surface area contributed by atoms with Gasteiger partial charge in [-0.1, -0.05) is 60.7 Å². The van der Waals surface area contributed by atoms with Crippen molar-refractivity contribution in [3.05, 3.63) is 95.9 Å². The molecule has 1 heterocycles. The standard InChI is InChI=1S/C22H23NO2S/c24-22(23-13-15-26-17-20-12-7-14-25-20)16-21(18-8-3-1-4-9-18)19-10-5-2-6-11-19/h1-12,14,21H,13,15-17H2,(H,23,24). The molecule has 0 saturated carbocycles. The zero-order chi connectivity index (χ0) is 18.0. The van der Waals surface area contributed by atoms with E-state index in [1.165, 1.54) is 11.1 Å². The van der Waals surface area contributed by atoms with Crippen LogP contribution in [0.5, 0.6) is 0 Å². The van der Waals surface area contributed by atoms with Gasteiger partial charge in [-0.25, -0.2) is 0 Å². The zero-order valence-corrected chi connectivity index (χ0v) is 15.5. The third-order valence-corrected chi connectivity index (χ3v) is 5.17. The van der Waals surface area contributed by atoms with Crippen LogP contribution < -0.4 is 5.32 Å². The second-order valence-corrected chi connectivity index (χ2v) is 7.17. The number of carbonyl (C=O) groups excluding carboxylic acids is 1. The van der Waals surface area contributed by atoms with Gasteiger partial charge in [0.15, 0.2) is 0 Å². The first-order valence-corrected chi connectivity index (χ1v) is 9.95. The summed E-state index contributed by atoms with van der Waals surface area (Å²) in [6.45, 7) is 0.667. The lowest BCUT2D eigenvalue weighted by molar-refractivity contribution is -0.121. The summed E-state index contributed by atoms with van der Waals surface area (Å²) in [7, 11) is 0. The van der Waals surface area contributed by atoms with Crippen molar-refractivity contribution in [3.63, 3.8) is 0 Å². The van der Waals surface area contributed by atoms with Crippen LogP contribution in [0.1, 0.15) is 29.2 Å². The Kier molecular flexibility index (Phi) is 6.96. The van der Waals surface area contributed by atoms with Crippen LogP contribution in [0.15, 0.2) is 83.5 Å². The zero-order valence-electron chi connectivity index (χ0n) is 14.6. The first-order valence-electron chi connectivity index (χ1n) is 8.79. The van der Waals surface area contributed by atoms with Crippen molar-refractivity contribution in [3.8, 4) is 0 Å². The molecule has 1 N–H and O–H groups in total. The maximum Gasteiger partial charge on any atom is 0.220 e. The summed E-state index contributed by atoms with van der Waals surface area (Å²) in [6.07, 6.45) is 2.14. The Balaban J connectivity index is 1.51. The van der Waals surface area contributed by atoms with Gasteiger partial charge in [0.2, 0.25) is 5.91 Å². The summed E-state index contributed by atoms with van der Waals surface area (Å²) in [6, 6.07) is 24.3. The second kappa shape index (κ2) is 9.88. The normalized spacial score (nSPS) is 10.8. The Labute approximate surface area is 158 Å². The molecule has 0 bridgehead atoms. The minimum absolute atomic E-state index is 0.0770. The Morgan fingerprint density at radius 2 is 1.58 bits per heavy atom. The summed E-state index contributed by atoms with van der Waals surface area (Å²) in [5.74, 6) is 2.83. The molecule has 3 nitrogen and oxygen atoms in total. The molecule has 4 heteroatoms. The molecule has 0 spiro atoms. The van der Waals surface area contributed by atoms with Crippen molar-refractivity contribution >= 4 is 17.7 Å². The molecule has 0 atom stereocenters. The third kappa shape index (κ3) is 5.53. The van der Waals surface area contributed by atoms with Gasteiger partial charge in [-0.15, -0.1) is 0 Å². The van der Waals surface area contributed by atoms with Crippen LogP contribution in [0.4, 0.5) is 0 Å². The summed E-state index contributed by atoms with van der Waals surface area (Å²) >= 11 is 1.76. The van der Waals surface area contributed by atoms with Crippen molar-refractivity contribution in [2.75, 3.05) is 12.3 Å². The van der Waals surface area contributed by atoms with Crippen molar-refractivity contribution in [2.45, 2.75) is 18.1 Å². The number of amides is 1. The van der Waals surface area contributed by atoms with Gasteiger partial charge in [-0.2, -0.15) is 11.8 Å². The highest BCUT2D eigenvalue weighted by Gasteiger charge is 2.17. The number of benzene rings is 2. The SMILES string of the molecule is O=C(CC(c1ccccc1)c1ccccc1)NCCSCc1ccco1. The van der Waals surface area contributed by atoms with E-state index >= 15 is 0 Å². The first kappa shape index (κ1) is 18.3. The van der Waals surface area contributed by atoms with E-state index in [4.69, 9.17) is 4.42 Å². The van der Waals surface area contributed by atoms with E-state index in [1.54, 1.807) is 18.0 Å². The van der Waals surface area contributed by atoms with Gasteiger partial charge in [0.05, 0.1) is 12.0 Å². The molecule has 3 rings (SSSR count). The molecule has 0 saturated heterocycles. The van der Waals surface area contributed by atoms with Crippen molar-refractivity contribution in [1.29, 1.82) is 0 Å². The Morgan fingerprint density at radius 1 is 0.923 bits per heavy atom. The minimum atomic E-state index is 0.0770. The molecular weight excluding hydrogens is 342 g/mol. The highest BCUT2D eigenvalue weighted by atomic mass is 32.2. The van der Waals surface area contributed by atoms with E-state index in [0.717, 1.165) is 17.3 Å². The Hall–Kier alpha value is -2.46. The van der Waals surface area contributed by atoms with Crippen molar-refractivity contribution in [1.82, 2.24) is 5.32 Å². The van der Waals surface area contributed by atoms with E-state index in [9.17, 15) is 4.79 Å². The molecule has 3 aromatic rings. The monoisotopic (exact) mass is 365 g/mol. The largest absolute Gasteiger partial charge is 0.468 e. The van der Waals surface area contributed by atoms with Gasteiger partial charge in [0.1, 0.15) is 5.76 Å². The van der Waals surface area contributed by atoms with Crippen LogP contribution in [0.3, 0.4) is 0 Å². The van der Waals surface area contributed by atoms with Gasteiger partial charge < -0.3 is 9.73 Å². The fourth-order valence-corrected chi connectivity index (χ4v) is 3.64. The van der Waals surface area contributed by atoms with Gasteiger partial charge in [-0.3, -0.25) is 4.79 Å². The van der Waals surface area contributed by atoms with Crippen LogP contribution >= 0.6 is 11.8 Å². The fourth-order valence-electron chi connectivity index (χ4n) is 2.89. The highest BCUT2D eigenvalue weighted by molar-refractivity contribution is 7.98. The topological polar surface area (TPSA) is 42.2 Å². The predicted molar refractivity (Wildman–Crippen MR) is 107 cm³/mol. The van der Waals surface area contributed by atoms with E-state index in [2.05, 4.69) is 29.6 Å².